The summed E-state index contributed by atoms with van der Waals surface area (Å²) >= 11 is 3.54. The number of nitrogens with one attached hydrogen (secondary N) is 1. The fourth-order valence-electron chi connectivity index (χ4n) is 4.01. The normalized spacial score (nSPS) is 15.6. The first-order valence-electron chi connectivity index (χ1n) is 9.06. The largest absolute Gasteiger partial charge is 0.384 e. The topological polar surface area (TPSA) is 71.8 Å². The van der Waals surface area contributed by atoms with Crippen molar-refractivity contribution in [2.24, 2.45) is 5.41 Å². The fourth-order valence-corrected chi connectivity index (χ4v) is 4.45. The summed E-state index contributed by atoms with van der Waals surface area (Å²) in [7, 11) is 0. The van der Waals surface area contributed by atoms with Crippen molar-refractivity contribution in [3.05, 3.63) is 69.5 Å². The van der Waals surface area contributed by atoms with E-state index in [-0.39, 0.29) is 11.2 Å². The zero-order chi connectivity index (χ0) is 19.2. The average molecular weight is 424 g/mol. The maximum Gasteiger partial charge on any atom is 0.165 e. The second-order valence-corrected chi connectivity index (χ2v) is 8.96. The van der Waals surface area contributed by atoms with E-state index < -0.39 is 0 Å². The lowest BCUT2D eigenvalue weighted by atomic mass is 9.75. The second-order valence-electron chi connectivity index (χ2n) is 8.05. The molecule has 2 heterocycles. The van der Waals surface area contributed by atoms with Gasteiger partial charge in [-0.25, -0.2) is 4.98 Å². The van der Waals surface area contributed by atoms with E-state index in [0.29, 0.717) is 18.7 Å². The third-order valence-electron chi connectivity index (χ3n) is 5.09. The summed E-state index contributed by atoms with van der Waals surface area (Å²) in [6.45, 7) is 4.29. The number of nitrogen functional groups attached to an aromatic ring is 1. The van der Waals surface area contributed by atoms with Gasteiger partial charge in [0.15, 0.2) is 5.78 Å². The Morgan fingerprint density at radius 1 is 1.22 bits per heavy atom. The molecule has 0 saturated carbocycles. The lowest BCUT2D eigenvalue weighted by molar-refractivity contribution is 0.0911. The van der Waals surface area contributed by atoms with Crippen LogP contribution in [0.4, 0.5) is 5.82 Å². The van der Waals surface area contributed by atoms with Gasteiger partial charge in [0.25, 0.3) is 0 Å². The van der Waals surface area contributed by atoms with Crippen LogP contribution in [-0.4, -0.2) is 15.8 Å². The molecule has 0 bridgehead atoms. The fraction of sp³-hybridized carbons (Fsp3) is 0.273. The van der Waals surface area contributed by atoms with Crippen LogP contribution >= 0.6 is 15.9 Å². The third kappa shape index (κ3) is 3.56. The van der Waals surface area contributed by atoms with E-state index in [1.54, 1.807) is 6.20 Å². The predicted octanol–water partition coefficient (Wildman–Crippen LogP) is 5.17. The summed E-state index contributed by atoms with van der Waals surface area (Å²) in [6, 6.07) is 12.0. The molecule has 0 saturated heterocycles. The SMILES string of the molecule is CC1(C)CC(=O)c2c([nH]c(-c3ccnc(N)c3)c2Cc2cccc(Br)c2)C1. The van der Waals surface area contributed by atoms with E-state index >= 15 is 0 Å². The first-order valence-corrected chi connectivity index (χ1v) is 9.85. The van der Waals surface area contributed by atoms with Gasteiger partial charge in [-0.05, 0) is 47.2 Å². The maximum absolute atomic E-state index is 13.0. The van der Waals surface area contributed by atoms with Crippen LogP contribution in [0.25, 0.3) is 11.3 Å². The Hall–Kier alpha value is -2.40. The molecule has 0 amide bonds. The summed E-state index contributed by atoms with van der Waals surface area (Å²) in [4.78, 5) is 20.7. The van der Waals surface area contributed by atoms with Crippen LogP contribution in [0.3, 0.4) is 0 Å². The lowest BCUT2D eigenvalue weighted by Gasteiger charge is -2.28. The van der Waals surface area contributed by atoms with Crippen molar-refractivity contribution in [2.75, 3.05) is 5.73 Å². The molecule has 0 spiro atoms. The van der Waals surface area contributed by atoms with Crippen LogP contribution in [-0.2, 0) is 12.8 Å². The van der Waals surface area contributed by atoms with Crippen LogP contribution in [0, 0.1) is 5.41 Å². The van der Waals surface area contributed by atoms with Gasteiger partial charge >= 0.3 is 0 Å². The summed E-state index contributed by atoms with van der Waals surface area (Å²) in [6.07, 6.45) is 3.83. The molecule has 138 valence electrons. The monoisotopic (exact) mass is 423 g/mol. The van der Waals surface area contributed by atoms with Gasteiger partial charge in [-0.3, -0.25) is 4.79 Å². The van der Waals surface area contributed by atoms with Gasteiger partial charge in [0.05, 0.1) is 5.69 Å². The quantitative estimate of drug-likeness (QED) is 0.610. The number of ketones is 1. The van der Waals surface area contributed by atoms with Crippen molar-refractivity contribution in [1.29, 1.82) is 0 Å². The van der Waals surface area contributed by atoms with Crippen molar-refractivity contribution in [3.8, 4) is 11.3 Å². The van der Waals surface area contributed by atoms with Gasteiger partial charge in [0, 0.05) is 40.3 Å². The maximum atomic E-state index is 13.0. The van der Waals surface area contributed by atoms with Gasteiger partial charge < -0.3 is 10.7 Å². The van der Waals surface area contributed by atoms with Gasteiger partial charge in [-0.2, -0.15) is 0 Å². The molecule has 27 heavy (non-hydrogen) atoms. The lowest BCUT2D eigenvalue weighted by Crippen LogP contribution is -2.27. The molecule has 0 fully saturated rings. The number of rotatable bonds is 3. The van der Waals surface area contributed by atoms with E-state index in [9.17, 15) is 4.79 Å². The van der Waals surface area contributed by atoms with Crippen LogP contribution < -0.4 is 5.73 Å². The molecule has 2 aromatic heterocycles. The number of hydrogen-bond acceptors (Lipinski definition) is 3. The second kappa shape index (κ2) is 6.64. The molecule has 0 radical (unpaired) electrons. The number of nitrogens with two attached hydrogens (primary N) is 1. The minimum Gasteiger partial charge on any atom is -0.384 e. The minimum absolute atomic E-state index is 0.0312. The number of nitrogens with zero attached hydrogens (tertiary/aromatic N) is 1. The summed E-state index contributed by atoms with van der Waals surface area (Å²) in [5.41, 5.74) is 11.9. The molecule has 0 unspecified atom stereocenters. The standard InChI is InChI=1S/C22H22BrN3O/c1-22(2)11-17-20(18(27)12-22)16(9-13-4-3-5-15(23)8-13)21(26-17)14-6-7-25-19(24)10-14/h3-8,10,26H,9,11-12H2,1-2H3,(H2,24,25). The van der Waals surface area contributed by atoms with E-state index in [0.717, 1.165) is 44.5 Å². The van der Waals surface area contributed by atoms with Crippen molar-refractivity contribution in [1.82, 2.24) is 9.97 Å². The highest BCUT2D eigenvalue weighted by Crippen LogP contribution is 2.40. The number of Topliss-reactive ketones (excluding diaryl/α,β-unsaturated/α-hetero) is 1. The van der Waals surface area contributed by atoms with E-state index in [4.69, 9.17) is 5.73 Å². The van der Waals surface area contributed by atoms with Crippen LogP contribution in [0.1, 0.15) is 47.4 Å². The average Bonchev–Trinajstić information content (AvgIpc) is 2.92. The first-order chi connectivity index (χ1) is 12.8. The van der Waals surface area contributed by atoms with Gasteiger partial charge in [-0.1, -0.05) is 41.9 Å². The number of hydrogen-bond donors (Lipinski definition) is 2. The number of pyridine rings is 1. The molecule has 3 N–H and O–H groups in total. The Labute approximate surface area is 167 Å². The van der Waals surface area contributed by atoms with Crippen molar-refractivity contribution >= 4 is 27.5 Å². The Bertz CT molecular complexity index is 1040. The van der Waals surface area contributed by atoms with Crippen molar-refractivity contribution < 1.29 is 4.79 Å². The number of anilines is 1. The molecular weight excluding hydrogens is 402 g/mol. The molecule has 5 heteroatoms. The molecule has 3 aromatic rings. The summed E-state index contributed by atoms with van der Waals surface area (Å²) < 4.78 is 1.03. The number of benzene rings is 1. The van der Waals surface area contributed by atoms with Crippen LogP contribution in [0.15, 0.2) is 47.1 Å². The van der Waals surface area contributed by atoms with Crippen molar-refractivity contribution in [2.45, 2.75) is 33.1 Å². The Kier molecular flexibility index (Phi) is 4.42. The highest BCUT2D eigenvalue weighted by molar-refractivity contribution is 9.10. The molecule has 4 nitrogen and oxygen atoms in total. The molecule has 0 atom stereocenters. The predicted molar refractivity (Wildman–Crippen MR) is 112 cm³/mol. The Morgan fingerprint density at radius 2 is 2.04 bits per heavy atom. The van der Waals surface area contributed by atoms with Gasteiger partial charge in [-0.15, -0.1) is 0 Å². The zero-order valence-electron chi connectivity index (χ0n) is 15.5. The van der Waals surface area contributed by atoms with E-state index in [2.05, 4.69) is 51.9 Å². The molecular formula is C22H22BrN3O. The smallest absolute Gasteiger partial charge is 0.165 e. The highest BCUT2D eigenvalue weighted by atomic mass is 79.9. The number of fused-ring (bicyclic) bond motifs is 1. The van der Waals surface area contributed by atoms with Crippen LogP contribution in [0.5, 0.6) is 0 Å². The van der Waals surface area contributed by atoms with E-state index in [1.165, 1.54) is 0 Å². The Balaban J connectivity index is 1.89. The third-order valence-corrected chi connectivity index (χ3v) is 5.59. The number of H-pyrrole nitrogens is 1. The highest BCUT2D eigenvalue weighted by Gasteiger charge is 2.35. The number of carbonyl (C=O) groups is 1. The molecule has 0 aliphatic heterocycles. The zero-order valence-corrected chi connectivity index (χ0v) is 17.1. The van der Waals surface area contributed by atoms with E-state index in [1.807, 2.05) is 24.3 Å². The molecule has 1 aliphatic rings. The number of carbonyl (C=O) groups excluding carboxylic acids is 1. The first kappa shape index (κ1) is 18.0. The van der Waals surface area contributed by atoms with Crippen molar-refractivity contribution in [3.63, 3.8) is 0 Å². The molecule has 1 aliphatic carbocycles. The molecule has 1 aromatic carbocycles. The molecule has 4 rings (SSSR count). The number of halogens is 1. The summed E-state index contributed by atoms with van der Waals surface area (Å²) in [5, 5.41) is 0. The number of aromatic nitrogens is 2. The van der Waals surface area contributed by atoms with Gasteiger partial charge in [0.1, 0.15) is 5.82 Å². The number of aromatic amines is 1. The van der Waals surface area contributed by atoms with Gasteiger partial charge in [0.2, 0.25) is 0 Å². The van der Waals surface area contributed by atoms with Crippen LogP contribution in [0.2, 0.25) is 0 Å². The Morgan fingerprint density at radius 3 is 2.78 bits per heavy atom. The minimum atomic E-state index is -0.0312. The summed E-state index contributed by atoms with van der Waals surface area (Å²) in [5.74, 6) is 0.691.